The number of ether oxygens (including phenoxy) is 1. The van der Waals surface area contributed by atoms with Crippen LogP contribution in [0.25, 0.3) is 0 Å². The van der Waals surface area contributed by atoms with Crippen molar-refractivity contribution in [1.29, 1.82) is 0 Å². The van der Waals surface area contributed by atoms with Gasteiger partial charge in [0.2, 0.25) is 0 Å². The molecule has 0 amide bonds. The lowest BCUT2D eigenvalue weighted by molar-refractivity contribution is 0.0980. The number of carbonyl (C=O) groups is 1. The summed E-state index contributed by atoms with van der Waals surface area (Å²) in [6.45, 7) is 0.346. The summed E-state index contributed by atoms with van der Waals surface area (Å²) < 4.78 is 19.4. The molecule has 1 aromatic carbocycles. The third-order valence-electron chi connectivity index (χ3n) is 2.08. The maximum Gasteiger partial charge on any atom is 0.167 e. The van der Waals surface area contributed by atoms with E-state index in [-0.39, 0.29) is 30.9 Å². The summed E-state index contributed by atoms with van der Waals surface area (Å²) in [5.41, 5.74) is 5.69. The highest BCUT2D eigenvalue weighted by Crippen LogP contribution is 2.22. The van der Waals surface area contributed by atoms with E-state index in [4.69, 9.17) is 10.5 Å². The molecule has 0 spiro atoms. The van der Waals surface area contributed by atoms with Crippen LogP contribution >= 0.6 is 15.9 Å². The molecule has 16 heavy (non-hydrogen) atoms. The summed E-state index contributed by atoms with van der Waals surface area (Å²) in [5, 5.41) is 0. The molecule has 0 aliphatic rings. The van der Waals surface area contributed by atoms with Crippen LogP contribution in [0.3, 0.4) is 0 Å². The van der Waals surface area contributed by atoms with E-state index in [1.165, 1.54) is 13.2 Å². The zero-order valence-electron chi connectivity index (χ0n) is 8.93. The average Bonchev–Trinajstić information content (AvgIpc) is 2.23. The molecule has 0 saturated heterocycles. The highest BCUT2D eigenvalue weighted by atomic mass is 79.9. The summed E-state index contributed by atoms with van der Waals surface area (Å²) in [7, 11) is 1.47. The molecule has 0 fully saturated rings. The van der Waals surface area contributed by atoms with Crippen LogP contribution < -0.4 is 5.73 Å². The molecule has 0 radical (unpaired) electrons. The molecule has 0 unspecified atom stereocenters. The number of rotatable bonds is 5. The van der Waals surface area contributed by atoms with Crippen LogP contribution in [0.5, 0.6) is 0 Å². The van der Waals surface area contributed by atoms with Crippen molar-refractivity contribution in [2.24, 2.45) is 5.73 Å². The maximum atomic E-state index is 13.9. The highest BCUT2D eigenvalue weighted by molar-refractivity contribution is 9.10. The number of benzene rings is 1. The normalized spacial score (nSPS) is 10.5. The van der Waals surface area contributed by atoms with Crippen molar-refractivity contribution in [3.8, 4) is 0 Å². The van der Waals surface area contributed by atoms with E-state index < -0.39 is 5.82 Å². The van der Waals surface area contributed by atoms with Crippen molar-refractivity contribution in [2.45, 2.75) is 13.0 Å². The molecule has 0 saturated carbocycles. The molecule has 1 aromatic rings. The van der Waals surface area contributed by atoms with Gasteiger partial charge in [-0.15, -0.1) is 0 Å². The molecule has 0 atom stereocenters. The van der Waals surface area contributed by atoms with Crippen molar-refractivity contribution in [2.75, 3.05) is 13.7 Å². The van der Waals surface area contributed by atoms with Crippen molar-refractivity contribution in [3.05, 3.63) is 33.5 Å². The minimum absolute atomic E-state index is 0.0619. The van der Waals surface area contributed by atoms with E-state index in [0.29, 0.717) is 10.0 Å². The first kappa shape index (κ1) is 13.3. The molecule has 88 valence electrons. The highest BCUT2D eigenvalue weighted by Gasteiger charge is 2.15. The number of halogens is 2. The number of hydrogen-bond donors (Lipinski definition) is 1. The van der Waals surface area contributed by atoms with Gasteiger partial charge in [0.05, 0.1) is 12.2 Å². The van der Waals surface area contributed by atoms with Crippen molar-refractivity contribution < 1.29 is 13.9 Å². The minimum atomic E-state index is -0.525. The quantitative estimate of drug-likeness (QED) is 0.846. The Bertz CT molecular complexity index is 396. The topological polar surface area (TPSA) is 52.3 Å². The largest absolute Gasteiger partial charge is 0.380 e. The van der Waals surface area contributed by atoms with Gasteiger partial charge in [-0.25, -0.2) is 4.39 Å². The fourth-order valence-electron chi connectivity index (χ4n) is 1.37. The van der Waals surface area contributed by atoms with Gasteiger partial charge in [-0.05, 0) is 18.7 Å². The Balaban J connectivity index is 3.13. The van der Waals surface area contributed by atoms with Gasteiger partial charge in [-0.3, -0.25) is 4.79 Å². The van der Waals surface area contributed by atoms with E-state index in [1.54, 1.807) is 6.07 Å². The summed E-state index contributed by atoms with van der Waals surface area (Å²) >= 11 is 3.23. The Morgan fingerprint density at radius 3 is 2.81 bits per heavy atom. The predicted molar refractivity (Wildman–Crippen MR) is 62.8 cm³/mol. The molecule has 5 heteroatoms. The first-order chi connectivity index (χ1) is 7.60. The van der Waals surface area contributed by atoms with Gasteiger partial charge in [-0.2, -0.15) is 0 Å². The standard InChI is InChI=1S/C11H13BrFNO2/c1-16-6-7-4-8(12)5-9(11(7)13)10(15)2-3-14/h4-5H,2-3,6,14H2,1H3. The second-order valence-corrected chi connectivity index (χ2v) is 4.24. The Morgan fingerprint density at radius 1 is 1.56 bits per heavy atom. The van der Waals surface area contributed by atoms with Gasteiger partial charge in [0.25, 0.3) is 0 Å². The zero-order valence-corrected chi connectivity index (χ0v) is 10.5. The summed E-state index contributed by atoms with van der Waals surface area (Å²) in [4.78, 5) is 11.6. The number of Topliss-reactive ketones (excluding diaryl/α,β-unsaturated/α-hetero) is 1. The number of ketones is 1. The van der Waals surface area contributed by atoms with Crippen molar-refractivity contribution >= 4 is 21.7 Å². The van der Waals surface area contributed by atoms with Crippen LogP contribution in [0, 0.1) is 5.82 Å². The summed E-state index contributed by atoms with van der Waals surface area (Å²) in [5.74, 6) is -0.817. The van der Waals surface area contributed by atoms with Crippen molar-refractivity contribution in [3.63, 3.8) is 0 Å². The smallest absolute Gasteiger partial charge is 0.167 e. The molecule has 3 nitrogen and oxygen atoms in total. The molecule has 0 heterocycles. The third kappa shape index (κ3) is 3.10. The lowest BCUT2D eigenvalue weighted by atomic mass is 10.0. The fraction of sp³-hybridized carbons (Fsp3) is 0.364. The molecule has 2 N–H and O–H groups in total. The lowest BCUT2D eigenvalue weighted by Crippen LogP contribution is -2.11. The van der Waals surface area contributed by atoms with Crippen LogP contribution in [0.15, 0.2) is 16.6 Å². The van der Waals surface area contributed by atoms with Gasteiger partial charge < -0.3 is 10.5 Å². The number of carbonyl (C=O) groups excluding carboxylic acids is 1. The Kier molecular flexibility index (Phi) is 5.05. The number of nitrogens with two attached hydrogens (primary N) is 1. The van der Waals surface area contributed by atoms with Crippen LogP contribution in [0.2, 0.25) is 0 Å². The van der Waals surface area contributed by atoms with Crippen LogP contribution in [0.1, 0.15) is 22.3 Å². The Morgan fingerprint density at radius 2 is 2.25 bits per heavy atom. The molecule has 0 aliphatic carbocycles. The summed E-state index contributed by atoms with van der Waals surface area (Å²) in [6, 6.07) is 3.06. The monoisotopic (exact) mass is 289 g/mol. The fourth-order valence-corrected chi connectivity index (χ4v) is 1.88. The van der Waals surface area contributed by atoms with Gasteiger partial charge >= 0.3 is 0 Å². The first-order valence-corrected chi connectivity index (χ1v) is 5.59. The van der Waals surface area contributed by atoms with E-state index in [0.717, 1.165) is 0 Å². The second-order valence-electron chi connectivity index (χ2n) is 3.32. The second kappa shape index (κ2) is 6.08. The maximum absolute atomic E-state index is 13.9. The zero-order chi connectivity index (χ0) is 12.1. The number of hydrogen-bond acceptors (Lipinski definition) is 3. The Labute approximate surface area is 102 Å². The average molecular weight is 290 g/mol. The van der Waals surface area contributed by atoms with E-state index in [2.05, 4.69) is 15.9 Å². The van der Waals surface area contributed by atoms with Gasteiger partial charge in [0.1, 0.15) is 5.82 Å². The molecule has 1 rings (SSSR count). The molecule has 0 aromatic heterocycles. The van der Waals surface area contributed by atoms with E-state index in [1.807, 2.05) is 0 Å². The molecule has 0 aliphatic heterocycles. The molecule has 0 bridgehead atoms. The predicted octanol–water partition coefficient (Wildman–Crippen LogP) is 2.27. The molecular weight excluding hydrogens is 277 g/mol. The third-order valence-corrected chi connectivity index (χ3v) is 2.54. The van der Waals surface area contributed by atoms with E-state index in [9.17, 15) is 9.18 Å². The van der Waals surface area contributed by atoms with Gasteiger partial charge in [0.15, 0.2) is 5.78 Å². The van der Waals surface area contributed by atoms with Crippen LogP contribution in [0.4, 0.5) is 4.39 Å². The van der Waals surface area contributed by atoms with E-state index >= 15 is 0 Å². The first-order valence-electron chi connectivity index (χ1n) is 4.80. The Hall–Kier alpha value is -0.780. The van der Waals surface area contributed by atoms with Crippen LogP contribution in [-0.4, -0.2) is 19.4 Å². The summed E-state index contributed by atoms with van der Waals surface area (Å²) in [6.07, 6.45) is 0.139. The van der Waals surface area contributed by atoms with Crippen molar-refractivity contribution in [1.82, 2.24) is 0 Å². The van der Waals surface area contributed by atoms with Gasteiger partial charge in [0, 0.05) is 23.6 Å². The molecular formula is C11H13BrFNO2. The minimum Gasteiger partial charge on any atom is -0.380 e. The van der Waals surface area contributed by atoms with Crippen LogP contribution in [-0.2, 0) is 11.3 Å². The number of methoxy groups -OCH3 is 1. The lowest BCUT2D eigenvalue weighted by Gasteiger charge is -2.08. The SMILES string of the molecule is COCc1cc(Br)cc(C(=O)CCN)c1F. The van der Waals surface area contributed by atoms with Gasteiger partial charge in [-0.1, -0.05) is 15.9 Å².